The summed E-state index contributed by atoms with van der Waals surface area (Å²) in [5.74, 6) is -1.03. The lowest BCUT2D eigenvalue weighted by molar-refractivity contribution is -0.138. The molecular weight excluding hydrogens is 209 g/mol. The van der Waals surface area contributed by atoms with E-state index in [4.69, 9.17) is 15.5 Å². The number of carbonyl (C=O) groups is 1. The van der Waals surface area contributed by atoms with Crippen LogP contribution < -0.4 is 11.2 Å². The molecule has 0 radical (unpaired) electrons. The molecule has 0 heterocycles. The van der Waals surface area contributed by atoms with E-state index in [0.29, 0.717) is 5.46 Å². The Kier molecular flexibility index (Phi) is 4.48. The fourth-order valence-electron chi connectivity index (χ4n) is 1.30. The van der Waals surface area contributed by atoms with Gasteiger partial charge in [-0.2, -0.15) is 0 Å². The minimum absolute atomic E-state index is 0.263. The number of hydrogen-bond donors (Lipinski definition) is 3. The molecule has 0 fully saturated rings. The maximum absolute atomic E-state index is 10.5. The van der Waals surface area contributed by atoms with Gasteiger partial charge in [0.05, 0.1) is 0 Å². The van der Waals surface area contributed by atoms with Crippen LogP contribution in [-0.2, 0) is 15.9 Å². The van der Waals surface area contributed by atoms with Crippen molar-refractivity contribution in [2.24, 2.45) is 5.73 Å². The molecule has 0 bridgehead atoms. The van der Waals surface area contributed by atoms with Crippen LogP contribution in [0.2, 0.25) is 0 Å². The van der Waals surface area contributed by atoms with Crippen LogP contribution >= 0.6 is 0 Å². The summed E-state index contributed by atoms with van der Waals surface area (Å²) >= 11 is 0. The SMILES string of the molecule is COB(O)c1ccc(C[C@H](N)C(=O)O)cc1. The zero-order valence-electron chi connectivity index (χ0n) is 8.96. The number of carboxylic acid groups (broad SMARTS) is 1. The van der Waals surface area contributed by atoms with Crippen molar-refractivity contribution in [1.82, 2.24) is 0 Å². The largest absolute Gasteiger partial charge is 0.490 e. The first kappa shape index (κ1) is 12.7. The number of rotatable bonds is 5. The summed E-state index contributed by atoms with van der Waals surface area (Å²) in [6.07, 6.45) is 0.263. The van der Waals surface area contributed by atoms with Gasteiger partial charge in [0.2, 0.25) is 0 Å². The van der Waals surface area contributed by atoms with Gasteiger partial charge in [-0.1, -0.05) is 24.3 Å². The quantitative estimate of drug-likeness (QED) is 0.555. The summed E-state index contributed by atoms with van der Waals surface area (Å²) in [5.41, 5.74) is 6.83. The van der Waals surface area contributed by atoms with Crippen molar-refractivity contribution in [1.29, 1.82) is 0 Å². The molecule has 0 aromatic heterocycles. The average molecular weight is 223 g/mol. The highest BCUT2D eigenvalue weighted by molar-refractivity contribution is 6.59. The maximum Gasteiger partial charge on any atom is 0.490 e. The van der Waals surface area contributed by atoms with Gasteiger partial charge >= 0.3 is 13.1 Å². The molecule has 16 heavy (non-hydrogen) atoms. The van der Waals surface area contributed by atoms with Gasteiger partial charge in [0.25, 0.3) is 0 Å². The van der Waals surface area contributed by atoms with Crippen LogP contribution in [0.5, 0.6) is 0 Å². The van der Waals surface area contributed by atoms with Gasteiger partial charge < -0.3 is 20.5 Å². The lowest BCUT2D eigenvalue weighted by Gasteiger charge is -2.08. The van der Waals surface area contributed by atoms with Gasteiger partial charge in [-0.25, -0.2) is 0 Å². The van der Waals surface area contributed by atoms with Crippen LogP contribution in [0.3, 0.4) is 0 Å². The molecule has 1 atom stereocenters. The molecule has 6 heteroatoms. The number of carboxylic acids is 1. The van der Waals surface area contributed by atoms with Gasteiger partial charge in [0.15, 0.2) is 0 Å². The average Bonchev–Trinajstić information content (AvgIpc) is 2.28. The lowest BCUT2D eigenvalue weighted by Crippen LogP contribution is -2.33. The van der Waals surface area contributed by atoms with Crippen molar-refractivity contribution in [2.75, 3.05) is 7.11 Å². The zero-order chi connectivity index (χ0) is 12.1. The second-order valence-corrected chi connectivity index (χ2v) is 3.48. The minimum atomic E-state index is -1.03. The predicted molar refractivity (Wildman–Crippen MR) is 60.4 cm³/mol. The fraction of sp³-hybridized carbons (Fsp3) is 0.300. The molecule has 0 saturated heterocycles. The van der Waals surface area contributed by atoms with Crippen LogP contribution in [-0.4, -0.2) is 36.4 Å². The number of nitrogens with two attached hydrogens (primary N) is 1. The van der Waals surface area contributed by atoms with E-state index in [0.717, 1.165) is 5.56 Å². The van der Waals surface area contributed by atoms with E-state index in [1.54, 1.807) is 24.3 Å². The third kappa shape index (κ3) is 3.34. The van der Waals surface area contributed by atoms with E-state index in [1.807, 2.05) is 0 Å². The highest BCUT2D eigenvalue weighted by atomic mass is 16.5. The summed E-state index contributed by atoms with van der Waals surface area (Å²) in [6.45, 7) is 0. The highest BCUT2D eigenvalue weighted by Crippen LogP contribution is 2.01. The molecule has 1 rings (SSSR count). The zero-order valence-corrected chi connectivity index (χ0v) is 8.96. The first-order valence-corrected chi connectivity index (χ1v) is 4.82. The predicted octanol–water partition coefficient (Wildman–Crippen LogP) is -1.03. The summed E-state index contributed by atoms with van der Waals surface area (Å²) < 4.78 is 4.73. The molecule has 0 saturated carbocycles. The molecule has 5 nitrogen and oxygen atoms in total. The van der Waals surface area contributed by atoms with Crippen LogP contribution in [0.4, 0.5) is 0 Å². The third-order valence-corrected chi connectivity index (χ3v) is 2.26. The Bertz CT molecular complexity index is 354. The summed E-state index contributed by atoms with van der Waals surface area (Å²) in [7, 11) is 0.445. The monoisotopic (exact) mass is 223 g/mol. The van der Waals surface area contributed by atoms with Gasteiger partial charge in [-0.15, -0.1) is 0 Å². The molecule has 86 valence electrons. The van der Waals surface area contributed by atoms with Crippen molar-refractivity contribution in [2.45, 2.75) is 12.5 Å². The van der Waals surface area contributed by atoms with Crippen molar-refractivity contribution in [3.05, 3.63) is 29.8 Å². The number of hydrogen-bond acceptors (Lipinski definition) is 4. The number of aliphatic carboxylic acids is 1. The van der Waals surface area contributed by atoms with Gasteiger partial charge in [-0.05, 0) is 17.4 Å². The van der Waals surface area contributed by atoms with Crippen LogP contribution in [0.1, 0.15) is 5.56 Å². The Labute approximate surface area is 94.0 Å². The van der Waals surface area contributed by atoms with Crippen LogP contribution in [0, 0.1) is 0 Å². The Morgan fingerprint density at radius 2 is 2.06 bits per heavy atom. The second kappa shape index (κ2) is 5.65. The summed E-state index contributed by atoms with van der Waals surface area (Å²) in [6, 6.07) is 5.90. The van der Waals surface area contributed by atoms with E-state index >= 15 is 0 Å². The maximum atomic E-state index is 10.5. The normalized spacial score (nSPS) is 12.2. The lowest BCUT2D eigenvalue weighted by atomic mass is 9.79. The summed E-state index contributed by atoms with van der Waals surface area (Å²) in [5, 5.41) is 18.0. The van der Waals surface area contributed by atoms with Crippen molar-refractivity contribution in [3.63, 3.8) is 0 Å². The van der Waals surface area contributed by atoms with Crippen molar-refractivity contribution in [3.8, 4) is 0 Å². The fourth-order valence-corrected chi connectivity index (χ4v) is 1.30. The standard InChI is InChI=1S/C10H14BNO4/c1-16-11(15)8-4-2-7(3-5-8)6-9(12)10(13)14/h2-5,9,15H,6,12H2,1H3,(H,13,14)/t9-/m0/s1. The van der Waals surface area contributed by atoms with E-state index in [1.165, 1.54) is 7.11 Å². The molecule has 1 aromatic rings. The van der Waals surface area contributed by atoms with Crippen LogP contribution in [0.25, 0.3) is 0 Å². The van der Waals surface area contributed by atoms with Crippen molar-refractivity contribution >= 4 is 18.6 Å². The first-order chi connectivity index (χ1) is 7.54. The molecule has 0 unspecified atom stereocenters. The van der Waals surface area contributed by atoms with Crippen molar-refractivity contribution < 1.29 is 19.6 Å². The summed E-state index contributed by atoms with van der Waals surface area (Å²) in [4.78, 5) is 10.5. The Morgan fingerprint density at radius 1 is 1.50 bits per heavy atom. The smallest absolute Gasteiger partial charge is 0.480 e. The molecule has 0 aliphatic heterocycles. The van der Waals surface area contributed by atoms with Crippen LogP contribution in [0.15, 0.2) is 24.3 Å². The van der Waals surface area contributed by atoms with Gasteiger partial charge in [0.1, 0.15) is 6.04 Å². The minimum Gasteiger partial charge on any atom is -0.480 e. The molecule has 0 aliphatic rings. The number of benzene rings is 1. The van der Waals surface area contributed by atoms with Gasteiger partial charge in [0, 0.05) is 7.11 Å². The Morgan fingerprint density at radius 3 is 2.50 bits per heavy atom. The van der Waals surface area contributed by atoms with E-state index in [9.17, 15) is 9.82 Å². The van der Waals surface area contributed by atoms with E-state index < -0.39 is 19.1 Å². The highest BCUT2D eigenvalue weighted by Gasteiger charge is 2.15. The van der Waals surface area contributed by atoms with E-state index in [2.05, 4.69) is 0 Å². The molecule has 1 aromatic carbocycles. The molecule has 4 N–H and O–H groups in total. The topological polar surface area (TPSA) is 92.8 Å². The van der Waals surface area contributed by atoms with E-state index in [-0.39, 0.29) is 6.42 Å². The first-order valence-electron chi connectivity index (χ1n) is 4.82. The molecular formula is C10H14BNO4. The molecule has 0 spiro atoms. The third-order valence-electron chi connectivity index (χ3n) is 2.26. The molecule has 0 amide bonds. The second-order valence-electron chi connectivity index (χ2n) is 3.48. The van der Waals surface area contributed by atoms with Gasteiger partial charge in [-0.3, -0.25) is 4.79 Å². The Hall–Kier alpha value is -1.37. The molecule has 0 aliphatic carbocycles. The Balaban J connectivity index is 2.68.